The van der Waals surface area contributed by atoms with Gasteiger partial charge in [0.2, 0.25) is 0 Å². The predicted octanol–water partition coefficient (Wildman–Crippen LogP) is 8.35. The van der Waals surface area contributed by atoms with E-state index in [0.29, 0.717) is 30.1 Å². The average Bonchev–Trinajstić information content (AvgIpc) is 3.28. The van der Waals surface area contributed by atoms with Crippen LogP contribution in [0.2, 0.25) is 0 Å². The van der Waals surface area contributed by atoms with Crippen molar-refractivity contribution in [3.63, 3.8) is 0 Å². The molecule has 0 aliphatic carbocycles. The molecule has 0 spiro atoms. The Hall–Kier alpha value is -5.52. The third kappa shape index (κ3) is 11.0. The molecule has 4 aromatic rings. The Morgan fingerprint density at radius 1 is 0.540 bits per heavy atom. The zero-order chi connectivity index (χ0) is 45.3. The van der Waals surface area contributed by atoms with Crippen molar-refractivity contribution in [1.82, 2.24) is 0 Å². The predicted molar refractivity (Wildman–Crippen MR) is 245 cm³/mol. The number of hydrogen-bond donors (Lipinski definition) is 0. The molecule has 2 heterocycles. The zero-order valence-electron chi connectivity index (χ0n) is 39.1. The summed E-state index contributed by atoms with van der Waals surface area (Å²) in [5, 5.41) is 0. The van der Waals surface area contributed by atoms with Crippen molar-refractivity contribution in [3.8, 4) is 28.7 Å². The van der Waals surface area contributed by atoms with Gasteiger partial charge in [-0.3, -0.25) is 0 Å². The van der Waals surface area contributed by atoms with Gasteiger partial charge in [0.25, 0.3) is 0 Å². The molecule has 11 nitrogen and oxygen atoms in total. The number of aryl methyl sites for hydroxylation is 3. The molecule has 0 saturated heterocycles. The number of benzene rings is 4. The van der Waals surface area contributed by atoms with E-state index in [1.165, 1.54) is 51.1 Å². The van der Waals surface area contributed by atoms with Crippen LogP contribution in [-0.4, -0.2) is 110 Å². The Labute approximate surface area is 374 Å². The van der Waals surface area contributed by atoms with Crippen molar-refractivity contribution >= 4 is 11.9 Å². The molecule has 4 unspecified atom stereocenters. The second-order valence-electron chi connectivity index (χ2n) is 17.7. The second kappa shape index (κ2) is 20.8. The van der Waals surface area contributed by atoms with E-state index in [-0.39, 0.29) is 25.3 Å². The van der Waals surface area contributed by atoms with Crippen LogP contribution in [0.25, 0.3) is 0 Å². The number of methoxy groups -OCH3 is 5. The summed E-state index contributed by atoms with van der Waals surface area (Å²) in [6.07, 6.45) is 7.18. The molecule has 0 fully saturated rings. The Balaban J connectivity index is 1.02. The highest BCUT2D eigenvalue weighted by Gasteiger charge is 2.41. The van der Waals surface area contributed by atoms with Crippen LogP contribution in [0.3, 0.4) is 0 Å². The highest BCUT2D eigenvalue weighted by molar-refractivity contribution is 5.91. The fraction of sp³-hybridized carbons (Fsp3) is 0.462. The van der Waals surface area contributed by atoms with Crippen molar-refractivity contribution in [3.05, 3.63) is 123 Å². The van der Waals surface area contributed by atoms with Gasteiger partial charge >= 0.3 is 11.9 Å². The van der Waals surface area contributed by atoms with Crippen LogP contribution in [0.1, 0.15) is 75.0 Å². The number of carbonyl (C=O) groups excluding carboxylic acids is 2. The number of ether oxygens (including phenoxy) is 7. The second-order valence-corrected chi connectivity index (χ2v) is 17.7. The van der Waals surface area contributed by atoms with Gasteiger partial charge in [0.1, 0.15) is 17.8 Å². The van der Waals surface area contributed by atoms with Crippen LogP contribution in [0.5, 0.6) is 28.7 Å². The van der Waals surface area contributed by atoms with Crippen LogP contribution in [0, 0.1) is 20.8 Å². The lowest BCUT2D eigenvalue weighted by atomic mass is 9.84. The first-order valence-corrected chi connectivity index (χ1v) is 22.1. The minimum atomic E-state index is -0.566. The van der Waals surface area contributed by atoms with E-state index in [0.717, 1.165) is 83.5 Å². The number of esters is 2. The molecule has 0 bridgehead atoms. The summed E-state index contributed by atoms with van der Waals surface area (Å²) in [4.78, 5) is 25.5. The molecule has 4 aromatic carbocycles. The lowest BCUT2D eigenvalue weighted by Crippen LogP contribution is -2.52. The van der Waals surface area contributed by atoms with Gasteiger partial charge in [-0.15, -0.1) is 0 Å². The molecule has 0 saturated carbocycles. The summed E-state index contributed by atoms with van der Waals surface area (Å²) in [5.74, 6) is 2.57. The largest absolute Gasteiger partial charge is 0.496 e. The van der Waals surface area contributed by atoms with E-state index >= 15 is 0 Å². The molecular weight excluding hydrogens is 797 g/mol. The first-order chi connectivity index (χ1) is 30.2. The molecule has 2 aliphatic heterocycles. The van der Waals surface area contributed by atoms with Crippen molar-refractivity contribution in [1.29, 1.82) is 0 Å². The summed E-state index contributed by atoms with van der Waals surface area (Å²) in [5.41, 5.74) is 11.4. The van der Waals surface area contributed by atoms with E-state index in [1.807, 2.05) is 12.1 Å². The van der Waals surface area contributed by atoms with Crippen LogP contribution in [0.4, 0.5) is 0 Å². The molecule has 0 N–H and O–H groups in total. The van der Waals surface area contributed by atoms with Gasteiger partial charge in [0.15, 0.2) is 23.0 Å². The smallest absolute Gasteiger partial charge is 0.331 e. The van der Waals surface area contributed by atoms with E-state index in [2.05, 4.69) is 83.4 Å². The van der Waals surface area contributed by atoms with Crippen LogP contribution >= 0.6 is 0 Å². The van der Waals surface area contributed by atoms with E-state index in [9.17, 15) is 9.59 Å². The molecule has 63 heavy (non-hydrogen) atoms. The molecular formula is C52H68N2O9+2. The highest BCUT2D eigenvalue weighted by Crippen LogP contribution is 2.44. The van der Waals surface area contributed by atoms with Crippen LogP contribution in [0.15, 0.2) is 72.8 Å². The number of nitrogens with zero attached hydrogens (tertiary/aromatic N) is 2. The van der Waals surface area contributed by atoms with Crippen LogP contribution in [-0.2, 0) is 44.7 Å². The first-order valence-electron chi connectivity index (χ1n) is 22.1. The van der Waals surface area contributed by atoms with Gasteiger partial charge in [-0.2, -0.15) is 0 Å². The first kappa shape index (κ1) is 47.0. The Morgan fingerprint density at radius 2 is 0.984 bits per heavy atom. The van der Waals surface area contributed by atoms with Gasteiger partial charge in [0, 0.05) is 61.8 Å². The SMILES string of the molecule is COc1cc(CC2c3cc(C)c(C)cc3CC[N+]2(C)CCCOC(=O)/C=C\C(=O)OCCC[N+]2(C)CCc3cc(OC)c(OC)cc3C2Cc2ccc(OC)c(OC)c2)ccc1C. The maximum atomic E-state index is 12.8. The molecule has 6 rings (SSSR count). The highest BCUT2D eigenvalue weighted by atomic mass is 16.5. The summed E-state index contributed by atoms with van der Waals surface area (Å²) in [6, 6.07) is 21.8. The van der Waals surface area contributed by atoms with Gasteiger partial charge in [0.05, 0.1) is 89.0 Å². The van der Waals surface area contributed by atoms with E-state index in [4.69, 9.17) is 33.2 Å². The molecule has 338 valence electrons. The molecule has 2 aliphatic rings. The van der Waals surface area contributed by atoms with Gasteiger partial charge in [-0.05, 0) is 96.1 Å². The number of quaternary nitrogens is 2. The minimum Gasteiger partial charge on any atom is -0.496 e. The normalized spacial score (nSPS) is 20.3. The molecule has 0 aromatic heterocycles. The summed E-state index contributed by atoms with van der Waals surface area (Å²) < 4.78 is 41.0. The van der Waals surface area contributed by atoms with Gasteiger partial charge in [-0.1, -0.05) is 24.3 Å². The average molecular weight is 865 g/mol. The summed E-state index contributed by atoms with van der Waals surface area (Å²) in [6.45, 7) is 10.4. The molecule has 4 atom stereocenters. The lowest BCUT2D eigenvalue weighted by molar-refractivity contribution is -0.941. The van der Waals surface area contributed by atoms with Crippen LogP contribution < -0.4 is 23.7 Å². The maximum Gasteiger partial charge on any atom is 0.331 e. The topological polar surface area (TPSA) is 98.8 Å². The lowest BCUT2D eigenvalue weighted by Gasteiger charge is -2.46. The zero-order valence-corrected chi connectivity index (χ0v) is 39.1. The Kier molecular flexibility index (Phi) is 15.5. The van der Waals surface area contributed by atoms with Crippen molar-refractivity contribution in [2.75, 3.05) is 89.0 Å². The number of carbonyl (C=O) groups is 2. The number of likely N-dealkylation sites (N-methyl/N-ethyl adjacent to an activating group) is 2. The fourth-order valence-electron chi connectivity index (χ4n) is 9.69. The monoisotopic (exact) mass is 864 g/mol. The minimum absolute atomic E-state index is 0.0870. The van der Waals surface area contributed by atoms with Crippen molar-refractivity contribution in [2.45, 2.75) is 71.4 Å². The Bertz CT molecular complexity index is 2290. The Morgan fingerprint density at radius 3 is 1.52 bits per heavy atom. The quantitative estimate of drug-likeness (QED) is 0.0399. The third-order valence-electron chi connectivity index (χ3n) is 13.7. The van der Waals surface area contributed by atoms with Crippen molar-refractivity contribution in [2.24, 2.45) is 0 Å². The van der Waals surface area contributed by atoms with Crippen molar-refractivity contribution < 1.29 is 51.7 Å². The third-order valence-corrected chi connectivity index (χ3v) is 13.7. The maximum absolute atomic E-state index is 12.8. The number of hydrogen-bond acceptors (Lipinski definition) is 9. The fourth-order valence-corrected chi connectivity index (χ4v) is 9.69. The van der Waals surface area contributed by atoms with E-state index < -0.39 is 11.9 Å². The molecule has 0 amide bonds. The molecule has 0 radical (unpaired) electrons. The molecule has 11 heteroatoms. The van der Waals surface area contributed by atoms with Gasteiger partial charge in [-0.25, -0.2) is 9.59 Å². The standard InChI is InChI=1S/C52H68N2O9/c1-35-13-14-38(31-47(35)58-7)29-44-42-28-37(3)36(2)27-40(42)19-23-53(44,4)21-11-25-62-51(55)17-18-52(56)63-26-12-22-54(5)24-20-41-33-49(60-9)50(61-10)34-43(41)45(54)30-39-15-16-46(57-6)48(32-39)59-8/h13-18,27-28,31-34,44-45H,11-12,19-26,29-30H2,1-10H3/q+2/b18-17-. The number of fused-ring (bicyclic) bond motifs is 2. The van der Waals surface area contributed by atoms with E-state index in [1.54, 1.807) is 35.5 Å². The van der Waals surface area contributed by atoms with Gasteiger partial charge < -0.3 is 42.1 Å². The summed E-state index contributed by atoms with van der Waals surface area (Å²) in [7, 11) is 12.9. The summed E-state index contributed by atoms with van der Waals surface area (Å²) >= 11 is 0. The number of rotatable bonds is 19.